The summed E-state index contributed by atoms with van der Waals surface area (Å²) in [6.45, 7) is 0.00150. The van der Waals surface area contributed by atoms with E-state index in [0.29, 0.717) is 22.9 Å². The number of hydrogen-bond acceptors (Lipinski definition) is 6. The first kappa shape index (κ1) is 30.4. The van der Waals surface area contributed by atoms with Crippen molar-refractivity contribution in [1.29, 1.82) is 0 Å². The number of fused-ring (bicyclic) bond motifs is 1. The Kier molecular flexibility index (Phi) is 9.50. The average Bonchev–Trinajstić information content (AvgIpc) is 3.35. The van der Waals surface area contributed by atoms with Crippen LogP contribution < -0.4 is 20.9 Å². The van der Waals surface area contributed by atoms with Gasteiger partial charge in [-0.1, -0.05) is 6.08 Å². The topological polar surface area (TPSA) is 159 Å². The number of nitrogens with one attached hydrogen (secondary N) is 3. The Balaban J connectivity index is 1.45. The Morgan fingerprint density at radius 2 is 1.95 bits per heavy atom. The molecule has 4 rings (SSSR count). The van der Waals surface area contributed by atoms with E-state index in [-0.39, 0.29) is 42.5 Å². The number of likely N-dealkylation sites (N-methyl/N-ethyl adjacent to an activating group) is 1. The third-order valence-electron chi connectivity index (χ3n) is 6.16. The molecular formula is C29H28F2N6O6. The fourth-order valence-corrected chi connectivity index (χ4v) is 4.02. The van der Waals surface area contributed by atoms with Crippen LogP contribution in [0.5, 0.6) is 11.5 Å². The molecule has 2 aromatic carbocycles. The minimum absolute atomic E-state index is 0.00150. The summed E-state index contributed by atoms with van der Waals surface area (Å²) >= 11 is 0. The molecule has 2 aromatic heterocycles. The van der Waals surface area contributed by atoms with Crippen molar-refractivity contribution in [3.63, 3.8) is 0 Å². The molecule has 0 radical (unpaired) electrons. The summed E-state index contributed by atoms with van der Waals surface area (Å²) in [5.74, 6) is -2.04. The normalized spacial score (nSPS) is 11.8. The van der Waals surface area contributed by atoms with Crippen LogP contribution in [0.15, 0.2) is 71.7 Å². The molecule has 224 valence electrons. The highest BCUT2D eigenvalue weighted by Crippen LogP contribution is 2.27. The third-order valence-corrected chi connectivity index (χ3v) is 6.16. The molecule has 0 spiro atoms. The molecule has 12 nitrogen and oxygen atoms in total. The summed E-state index contributed by atoms with van der Waals surface area (Å²) < 4.78 is 34.0. The van der Waals surface area contributed by atoms with E-state index in [2.05, 4.69) is 20.6 Å². The van der Waals surface area contributed by atoms with Gasteiger partial charge in [0.1, 0.15) is 29.1 Å². The zero-order valence-corrected chi connectivity index (χ0v) is 23.1. The quantitative estimate of drug-likeness (QED) is 0.192. The van der Waals surface area contributed by atoms with Crippen molar-refractivity contribution in [2.75, 3.05) is 19.4 Å². The van der Waals surface area contributed by atoms with Gasteiger partial charge in [0.25, 0.3) is 5.56 Å². The fourth-order valence-electron chi connectivity index (χ4n) is 4.02. The maximum Gasteiger partial charge on any atom is 0.405 e. The van der Waals surface area contributed by atoms with Crippen LogP contribution in [0.25, 0.3) is 11.0 Å². The van der Waals surface area contributed by atoms with Crippen molar-refractivity contribution in [2.45, 2.75) is 25.4 Å². The zero-order chi connectivity index (χ0) is 31.1. The van der Waals surface area contributed by atoms with Crippen molar-refractivity contribution >= 4 is 34.6 Å². The SMILES string of the molecule is CN(C)C(=O)/C=C/CCC(NC(=O)O)C(=O)Nc1cccn(Cc2nc3ccc(Oc4ccc(F)cc4F)cc3[nH]2)c1=O. The first-order valence-electron chi connectivity index (χ1n) is 13.0. The first-order chi connectivity index (χ1) is 20.5. The lowest BCUT2D eigenvalue weighted by molar-refractivity contribution is -0.123. The molecule has 1 atom stereocenters. The van der Waals surface area contributed by atoms with Gasteiger partial charge in [-0.2, -0.15) is 0 Å². The summed E-state index contributed by atoms with van der Waals surface area (Å²) in [6.07, 6.45) is 3.22. The number of ether oxygens (including phenoxy) is 1. The Bertz CT molecular complexity index is 1750. The summed E-state index contributed by atoms with van der Waals surface area (Å²) in [7, 11) is 3.17. The lowest BCUT2D eigenvalue weighted by Crippen LogP contribution is -2.44. The molecule has 4 aromatic rings. The van der Waals surface area contributed by atoms with Gasteiger partial charge in [0.2, 0.25) is 11.8 Å². The molecule has 1 unspecified atom stereocenters. The van der Waals surface area contributed by atoms with Gasteiger partial charge in [0.05, 0.1) is 17.6 Å². The predicted molar refractivity (Wildman–Crippen MR) is 153 cm³/mol. The van der Waals surface area contributed by atoms with Gasteiger partial charge in [0, 0.05) is 32.4 Å². The summed E-state index contributed by atoms with van der Waals surface area (Å²) in [5, 5.41) is 13.8. The molecule has 43 heavy (non-hydrogen) atoms. The second-order valence-electron chi connectivity index (χ2n) is 9.60. The van der Waals surface area contributed by atoms with Crippen LogP contribution in [0.4, 0.5) is 19.3 Å². The second-order valence-corrected chi connectivity index (χ2v) is 9.60. The van der Waals surface area contributed by atoms with Gasteiger partial charge in [0.15, 0.2) is 11.6 Å². The van der Waals surface area contributed by atoms with Gasteiger partial charge >= 0.3 is 6.09 Å². The van der Waals surface area contributed by atoms with E-state index < -0.39 is 35.2 Å². The van der Waals surface area contributed by atoms with E-state index in [1.54, 1.807) is 32.3 Å². The number of aromatic nitrogens is 3. The molecule has 4 N–H and O–H groups in total. The first-order valence-corrected chi connectivity index (χ1v) is 13.0. The number of benzene rings is 2. The van der Waals surface area contributed by atoms with Gasteiger partial charge in [-0.25, -0.2) is 18.6 Å². The standard InChI is InChI=1S/C29H28F2N6O6/c1-36(2)26(38)8-4-3-6-21(35-29(41)42)27(39)34-22-7-5-13-37(28(22)40)16-25-32-20-11-10-18(15-23(20)33-25)43-24-12-9-17(30)14-19(24)31/h4-5,7-15,21,35H,3,6,16H2,1-2H3,(H,32,33)(H,34,39)(H,41,42)/b8-4+. The molecule has 0 aliphatic heterocycles. The fraction of sp³-hybridized carbons (Fsp3) is 0.207. The van der Waals surface area contributed by atoms with Crippen molar-refractivity contribution in [3.8, 4) is 11.5 Å². The highest BCUT2D eigenvalue weighted by Gasteiger charge is 2.21. The predicted octanol–water partition coefficient (Wildman–Crippen LogP) is 3.84. The van der Waals surface area contributed by atoms with Crippen molar-refractivity contribution < 1.29 is 33.0 Å². The highest BCUT2D eigenvalue weighted by molar-refractivity contribution is 5.96. The van der Waals surface area contributed by atoms with E-state index in [1.165, 1.54) is 46.0 Å². The van der Waals surface area contributed by atoms with Crippen LogP contribution in [0.2, 0.25) is 0 Å². The van der Waals surface area contributed by atoms with E-state index in [0.717, 1.165) is 6.07 Å². The van der Waals surface area contributed by atoms with Gasteiger partial charge in [-0.05, 0) is 55.3 Å². The minimum Gasteiger partial charge on any atom is -0.465 e. The summed E-state index contributed by atoms with van der Waals surface area (Å²) in [5.41, 5.74) is 0.452. The van der Waals surface area contributed by atoms with Crippen LogP contribution in [0.1, 0.15) is 18.7 Å². The number of amides is 3. The van der Waals surface area contributed by atoms with E-state index in [4.69, 9.17) is 9.84 Å². The van der Waals surface area contributed by atoms with Gasteiger partial charge < -0.3 is 34.9 Å². The maximum atomic E-state index is 14.0. The molecule has 2 heterocycles. The molecule has 0 saturated carbocycles. The van der Waals surface area contributed by atoms with Crippen LogP contribution in [0.3, 0.4) is 0 Å². The van der Waals surface area contributed by atoms with Gasteiger partial charge in [-0.3, -0.25) is 14.4 Å². The number of anilines is 1. The number of pyridine rings is 1. The van der Waals surface area contributed by atoms with Crippen LogP contribution in [-0.2, 0) is 16.1 Å². The molecule has 14 heteroatoms. The molecule has 3 amide bonds. The van der Waals surface area contributed by atoms with E-state index in [9.17, 15) is 28.0 Å². The zero-order valence-electron chi connectivity index (χ0n) is 23.1. The van der Waals surface area contributed by atoms with Crippen molar-refractivity contribution in [3.05, 3.63) is 94.7 Å². The minimum atomic E-state index is -1.42. The smallest absolute Gasteiger partial charge is 0.405 e. The number of allylic oxidation sites excluding steroid dienone is 1. The Labute approximate surface area is 243 Å². The maximum absolute atomic E-state index is 14.0. The number of carbonyl (C=O) groups is 3. The largest absolute Gasteiger partial charge is 0.465 e. The molecule has 0 bridgehead atoms. The lowest BCUT2D eigenvalue weighted by Gasteiger charge is -2.16. The van der Waals surface area contributed by atoms with Crippen molar-refractivity contribution in [2.24, 2.45) is 0 Å². The van der Waals surface area contributed by atoms with Crippen LogP contribution in [0, 0.1) is 11.6 Å². The monoisotopic (exact) mass is 594 g/mol. The second kappa shape index (κ2) is 13.4. The number of nitrogens with zero attached hydrogens (tertiary/aromatic N) is 3. The summed E-state index contributed by atoms with van der Waals surface area (Å²) in [6, 6.07) is 9.50. The van der Waals surface area contributed by atoms with Crippen molar-refractivity contribution in [1.82, 2.24) is 24.8 Å². The molecule has 0 saturated heterocycles. The molecule has 0 aliphatic rings. The Morgan fingerprint density at radius 1 is 1.16 bits per heavy atom. The number of H-pyrrole nitrogens is 1. The Morgan fingerprint density at radius 3 is 2.67 bits per heavy atom. The molecular weight excluding hydrogens is 566 g/mol. The number of hydrogen-bond donors (Lipinski definition) is 4. The number of halogens is 2. The summed E-state index contributed by atoms with van der Waals surface area (Å²) in [4.78, 5) is 57.8. The number of rotatable bonds is 11. The van der Waals surface area contributed by atoms with E-state index in [1.807, 2.05) is 0 Å². The average molecular weight is 595 g/mol. The number of carbonyl (C=O) groups excluding carboxylic acids is 2. The Hall–Kier alpha value is -5.53. The number of aromatic amines is 1. The number of carboxylic acid groups (broad SMARTS) is 1. The van der Waals surface area contributed by atoms with Gasteiger partial charge in [-0.15, -0.1) is 0 Å². The number of imidazole rings is 1. The van der Waals surface area contributed by atoms with Crippen LogP contribution >= 0.6 is 0 Å². The third kappa shape index (κ3) is 8.03. The van der Waals surface area contributed by atoms with E-state index >= 15 is 0 Å². The lowest BCUT2D eigenvalue weighted by atomic mass is 10.1. The highest BCUT2D eigenvalue weighted by atomic mass is 19.1. The molecule has 0 fully saturated rings. The van der Waals surface area contributed by atoms with Crippen LogP contribution in [-0.4, -0.2) is 62.6 Å². The molecule has 0 aliphatic carbocycles.